The molecule has 0 fully saturated rings. The number of halogens is 3. The monoisotopic (exact) mass is 463 g/mol. The van der Waals surface area contributed by atoms with Gasteiger partial charge in [-0.05, 0) is 18.2 Å². The highest BCUT2D eigenvalue weighted by molar-refractivity contribution is 5.89. The van der Waals surface area contributed by atoms with Gasteiger partial charge in [0.2, 0.25) is 0 Å². The summed E-state index contributed by atoms with van der Waals surface area (Å²) in [5, 5.41) is 20.7. The van der Waals surface area contributed by atoms with Crippen LogP contribution in [0.1, 0.15) is 22.5 Å². The van der Waals surface area contributed by atoms with Crippen LogP contribution >= 0.6 is 0 Å². The molecule has 0 spiro atoms. The van der Waals surface area contributed by atoms with Crippen molar-refractivity contribution in [2.45, 2.75) is 38.6 Å². The van der Waals surface area contributed by atoms with Crippen LogP contribution in [-0.2, 0) is 30.9 Å². The van der Waals surface area contributed by atoms with Crippen molar-refractivity contribution in [3.63, 3.8) is 0 Å². The molecule has 0 saturated carbocycles. The molecule has 2 aromatic rings. The van der Waals surface area contributed by atoms with Crippen molar-refractivity contribution < 1.29 is 22.8 Å². The molecule has 2 amide bonds. The Morgan fingerprint density at radius 3 is 2.97 bits per heavy atom. The molecule has 0 bridgehead atoms. The van der Waals surface area contributed by atoms with Gasteiger partial charge in [-0.25, -0.2) is 18.0 Å². The lowest BCUT2D eigenvalue weighted by Crippen LogP contribution is -2.39. The molecular formula is C21H24F3N7O2. The van der Waals surface area contributed by atoms with Crippen molar-refractivity contribution in [3.05, 3.63) is 46.5 Å². The quantitative estimate of drug-likeness (QED) is 0.705. The minimum Gasteiger partial charge on any atom is -0.320 e. The van der Waals surface area contributed by atoms with E-state index < -0.39 is 18.8 Å². The van der Waals surface area contributed by atoms with Gasteiger partial charge in [-0.3, -0.25) is 9.52 Å². The number of hydroxylamine groups is 2. The first-order valence-electron chi connectivity index (χ1n) is 10.5. The Morgan fingerprint density at radius 2 is 2.21 bits per heavy atom. The number of carbonyl (C=O) groups excluding carboxylic acids is 1. The number of alkyl halides is 2. The van der Waals surface area contributed by atoms with Crippen LogP contribution in [0.25, 0.3) is 0 Å². The van der Waals surface area contributed by atoms with E-state index in [0.29, 0.717) is 38.3 Å². The van der Waals surface area contributed by atoms with Gasteiger partial charge in [0, 0.05) is 37.8 Å². The van der Waals surface area contributed by atoms with Crippen molar-refractivity contribution in [1.29, 1.82) is 5.26 Å². The van der Waals surface area contributed by atoms with Gasteiger partial charge in [0.15, 0.2) is 0 Å². The average molecular weight is 463 g/mol. The Balaban J connectivity index is 1.46. The van der Waals surface area contributed by atoms with Crippen LogP contribution in [0.4, 0.5) is 23.7 Å². The number of nitriles is 1. The molecule has 2 N–H and O–H groups in total. The van der Waals surface area contributed by atoms with Crippen LogP contribution in [-0.4, -0.2) is 65.0 Å². The van der Waals surface area contributed by atoms with E-state index in [0.717, 1.165) is 23.0 Å². The van der Waals surface area contributed by atoms with Gasteiger partial charge < -0.3 is 15.5 Å². The minimum atomic E-state index is -2.43. The molecule has 0 unspecified atom stereocenters. The van der Waals surface area contributed by atoms with Crippen molar-refractivity contribution in [3.8, 4) is 6.07 Å². The number of rotatable bonds is 5. The minimum absolute atomic E-state index is 0.142. The van der Waals surface area contributed by atoms with Crippen molar-refractivity contribution in [2.75, 3.05) is 32.0 Å². The topological polar surface area (TPSA) is 98.5 Å². The van der Waals surface area contributed by atoms with E-state index in [-0.39, 0.29) is 24.2 Å². The largest absolute Gasteiger partial charge is 0.322 e. The van der Waals surface area contributed by atoms with Crippen LogP contribution in [0.2, 0.25) is 0 Å². The number of aromatic nitrogens is 2. The van der Waals surface area contributed by atoms with E-state index in [4.69, 9.17) is 10.1 Å². The molecule has 4 rings (SSSR count). The maximum absolute atomic E-state index is 13.5. The second-order valence-corrected chi connectivity index (χ2v) is 8.02. The lowest BCUT2D eigenvalue weighted by atomic mass is 10.1. The van der Waals surface area contributed by atoms with Gasteiger partial charge in [-0.2, -0.15) is 15.4 Å². The predicted molar refractivity (Wildman–Crippen MR) is 112 cm³/mol. The molecule has 2 aliphatic rings. The summed E-state index contributed by atoms with van der Waals surface area (Å²) in [6, 6.07) is 5.24. The molecule has 2 aliphatic heterocycles. The fraction of sp³-hybridized carbons (Fsp3) is 0.476. The maximum atomic E-state index is 13.5. The molecule has 3 heterocycles. The van der Waals surface area contributed by atoms with Gasteiger partial charge in [-0.15, -0.1) is 0 Å². The summed E-state index contributed by atoms with van der Waals surface area (Å²) in [6.07, 6.45) is -2.22. The molecule has 12 heteroatoms. The molecule has 1 aromatic carbocycles. The highest BCUT2D eigenvalue weighted by Gasteiger charge is 2.31. The molecule has 1 aromatic heterocycles. The van der Waals surface area contributed by atoms with Crippen LogP contribution in [0.5, 0.6) is 0 Å². The van der Waals surface area contributed by atoms with Crippen molar-refractivity contribution >= 4 is 11.7 Å². The third-order valence-corrected chi connectivity index (χ3v) is 5.59. The first kappa shape index (κ1) is 23.0. The zero-order chi connectivity index (χ0) is 23.5. The molecule has 0 saturated heterocycles. The number of nitrogens with zero attached hydrogens (tertiary/aromatic N) is 5. The molecule has 0 radical (unpaired) electrons. The molecule has 9 nitrogen and oxygen atoms in total. The number of amides is 2. The predicted octanol–water partition coefficient (Wildman–Crippen LogP) is 2.08. The number of anilines is 1. The summed E-state index contributed by atoms with van der Waals surface area (Å²) >= 11 is 0. The highest BCUT2D eigenvalue weighted by atomic mass is 19.3. The summed E-state index contributed by atoms with van der Waals surface area (Å²) in [5.74, 6) is -0.644. The second kappa shape index (κ2) is 9.78. The Bertz CT molecular complexity index is 1070. The fourth-order valence-corrected chi connectivity index (χ4v) is 4.06. The molecule has 33 heavy (non-hydrogen) atoms. The Morgan fingerprint density at radius 1 is 1.39 bits per heavy atom. The second-order valence-electron chi connectivity index (χ2n) is 8.02. The number of urea groups is 1. The molecule has 1 atom stereocenters. The Labute approximate surface area is 188 Å². The first-order chi connectivity index (χ1) is 15.8. The summed E-state index contributed by atoms with van der Waals surface area (Å²) in [6.45, 7) is 1.49. The lowest BCUT2D eigenvalue weighted by Gasteiger charge is -2.27. The zero-order valence-electron chi connectivity index (χ0n) is 18.0. The van der Waals surface area contributed by atoms with Crippen LogP contribution in [0.3, 0.4) is 0 Å². The van der Waals surface area contributed by atoms with Gasteiger partial charge in [0.25, 0.3) is 6.43 Å². The molecule has 0 aliphatic carbocycles. The van der Waals surface area contributed by atoms with E-state index >= 15 is 0 Å². The number of hydrogen-bond donors (Lipinski definition) is 2. The number of benzene rings is 1. The molecule has 176 valence electrons. The van der Waals surface area contributed by atoms with Crippen molar-refractivity contribution in [2.24, 2.45) is 0 Å². The summed E-state index contributed by atoms with van der Waals surface area (Å²) in [7, 11) is 1.77. The number of fused-ring (bicyclic) bond motifs is 3. The van der Waals surface area contributed by atoms with E-state index in [1.165, 1.54) is 12.1 Å². The van der Waals surface area contributed by atoms with E-state index in [1.807, 2.05) is 4.68 Å². The first-order valence-corrected chi connectivity index (χ1v) is 10.5. The Kier molecular flexibility index (Phi) is 6.83. The van der Waals surface area contributed by atoms with Crippen molar-refractivity contribution in [1.82, 2.24) is 25.1 Å². The third kappa shape index (κ3) is 5.27. The van der Waals surface area contributed by atoms with Crippen LogP contribution in [0, 0.1) is 17.1 Å². The molecular weight excluding hydrogens is 439 g/mol. The summed E-state index contributed by atoms with van der Waals surface area (Å²) in [5.41, 5.74) is 2.94. The van der Waals surface area contributed by atoms with E-state index in [2.05, 4.69) is 15.7 Å². The van der Waals surface area contributed by atoms with E-state index in [9.17, 15) is 18.0 Å². The van der Waals surface area contributed by atoms with Crippen LogP contribution in [0.15, 0.2) is 18.2 Å². The van der Waals surface area contributed by atoms with Gasteiger partial charge in [-0.1, -0.05) is 0 Å². The maximum Gasteiger partial charge on any atom is 0.322 e. The van der Waals surface area contributed by atoms with Gasteiger partial charge in [0.1, 0.15) is 18.0 Å². The zero-order valence-corrected chi connectivity index (χ0v) is 18.0. The van der Waals surface area contributed by atoms with Gasteiger partial charge >= 0.3 is 6.03 Å². The van der Waals surface area contributed by atoms with E-state index in [1.54, 1.807) is 23.1 Å². The summed E-state index contributed by atoms with van der Waals surface area (Å²) < 4.78 is 40.2. The number of carbonyl (C=O) groups is 1. The fourth-order valence-electron chi connectivity index (χ4n) is 4.06. The Hall–Kier alpha value is -3.14. The van der Waals surface area contributed by atoms with Crippen LogP contribution < -0.4 is 10.6 Å². The average Bonchev–Trinajstić information content (AvgIpc) is 3.01. The smallest absolute Gasteiger partial charge is 0.320 e. The third-order valence-electron chi connectivity index (χ3n) is 5.59. The van der Waals surface area contributed by atoms with Gasteiger partial charge in [0.05, 0.1) is 43.1 Å². The normalized spacial score (nSPS) is 18.4. The summed E-state index contributed by atoms with van der Waals surface area (Å²) in [4.78, 5) is 20.3. The SMILES string of the molecule is CN1Cc2c3c(nn2C[C@@H](CNCC(F)F)O1)CCN(C(=O)Nc1ccc(F)c(C#N)c1)C3. The number of hydrogen-bond acceptors (Lipinski definition) is 6. The standard InChI is InChI=1S/C21H24F3N7O2/c1-29-12-19-16-11-30(21(32)27-14-2-3-17(22)13(6-14)7-25)5-4-18(16)28-31(19)10-15(33-29)8-26-9-20(23)24/h2-3,6,15,20,26H,4-5,8-12H2,1H3,(H,27,32)/t15-/m1/s1. The number of nitrogens with one attached hydrogen (secondary N) is 2. The lowest BCUT2D eigenvalue weighted by molar-refractivity contribution is -0.183. The highest BCUT2D eigenvalue weighted by Crippen LogP contribution is 2.26.